The Morgan fingerprint density at radius 3 is 2.56 bits per heavy atom. The first-order valence-corrected chi connectivity index (χ1v) is 5.67. The van der Waals surface area contributed by atoms with Gasteiger partial charge in [0, 0.05) is 6.07 Å². The Hall–Kier alpha value is -1.89. The lowest BCUT2D eigenvalue weighted by Gasteiger charge is -2.02. The van der Waals surface area contributed by atoms with Crippen LogP contribution in [0.4, 0.5) is 5.69 Å². The monoisotopic (exact) mass is 243 g/mol. The minimum absolute atomic E-state index is 0.460. The van der Waals surface area contributed by atoms with Gasteiger partial charge < -0.3 is 4.18 Å². The Morgan fingerprint density at radius 2 is 2.00 bits per heavy atom. The summed E-state index contributed by atoms with van der Waals surface area (Å²) in [5.41, 5.74) is -0.507. The average Bonchev–Trinajstić information content (AvgIpc) is 2.26. The molecule has 0 aliphatic heterocycles. The standard InChI is InChI=1S/C9H9NO5S/c1-2-7-15-16(13,14)9-6-4-3-5-8(9)10(11)12/h2-7H,1H3/b7-2+. The highest BCUT2D eigenvalue weighted by atomic mass is 32.2. The van der Waals surface area contributed by atoms with Crippen molar-refractivity contribution in [2.75, 3.05) is 0 Å². The Morgan fingerprint density at radius 1 is 1.38 bits per heavy atom. The number of nitrogens with zero attached hydrogens (tertiary/aromatic N) is 1. The largest absolute Gasteiger partial charge is 0.387 e. The van der Waals surface area contributed by atoms with E-state index in [9.17, 15) is 18.5 Å². The first-order valence-electron chi connectivity index (χ1n) is 4.27. The van der Waals surface area contributed by atoms with E-state index in [4.69, 9.17) is 0 Å². The van der Waals surface area contributed by atoms with E-state index in [1.54, 1.807) is 6.92 Å². The Labute approximate surface area is 92.4 Å². The number of para-hydroxylation sites is 1. The van der Waals surface area contributed by atoms with E-state index in [0.29, 0.717) is 0 Å². The Bertz CT molecular complexity index is 520. The van der Waals surface area contributed by atoms with Gasteiger partial charge in [0.25, 0.3) is 5.69 Å². The van der Waals surface area contributed by atoms with Crippen molar-refractivity contribution in [3.8, 4) is 0 Å². The van der Waals surface area contributed by atoms with Crippen molar-refractivity contribution >= 4 is 15.8 Å². The van der Waals surface area contributed by atoms with E-state index in [2.05, 4.69) is 4.18 Å². The second-order valence-corrected chi connectivity index (χ2v) is 4.29. The molecule has 1 rings (SSSR count). The predicted octanol–water partition coefficient (Wildman–Crippen LogP) is 1.83. The fourth-order valence-corrected chi connectivity index (χ4v) is 2.00. The molecule has 16 heavy (non-hydrogen) atoms. The molecule has 0 fully saturated rings. The molecule has 0 heterocycles. The summed E-state index contributed by atoms with van der Waals surface area (Å²) in [7, 11) is -4.13. The zero-order valence-electron chi connectivity index (χ0n) is 8.36. The molecule has 0 atom stereocenters. The van der Waals surface area contributed by atoms with E-state index in [-0.39, 0.29) is 0 Å². The molecule has 6 nitrogen and oxygen atoms in total. The first kappa shape index (κ1) is 12.2. The maximum absolute atomic E-state index is 11.5. The van der Waals surface area contributed by atoms with Crippen LogP contribution in [-0.4, -0.2) is 13.3 Å². The molecular weight excluding hydrogens is 234 g/mol. The molecule has 0 saturated heterocycles. The van der Waals surface area contributed by atoms with Crippen LogP contribution in [0.15, 0.2) is 41.5 Å². The van der Waals surface area contributed by atoms with Gasteiger partial charge in [-0.25, -0.2) is 0 Å². The van der Waals surface area contributed by atoms with Gasteiger partial charge in [0.1, 0.15) is 6.26 Å². The Kier molecular flexibility index (Phi) is 3.62. The predicted molar refractivity (Wildman–Crippen MR) is 56.2 cm³/mol. The van der Waals surface area contributed by atoms with Gasteiger partial charge in [0.15, 0.2) is 4.90 Å². The molecule has 86 valence electrons. The zero-order chi connectivity index (χ0) is 12.2. The molecule has 0 spiro atoms. The molecular formula is C9H9NO5S. The van der Waals surface area contributed by atoms with Crippen molar-refractivity contribution in [2.45, 2.75) is 11.8 Å². The third-order valence-electron chi connectivity index (χ3n) is 1.65. The van der Waals surface area contributed by atoms with Gasteiger partial charge in [-0.3, -0.25) is 10.1 Å². The molecule has 0 aliphatic carbocycles. The Balaban J connectivity index is 3.27. The summed E-state index contributed by atoms with van der Waals surface area (Å²) in [5, 5.41) is 10.6. The van der Waals surface area contributed by atoms with Crippen molar-refractivity contribution in [1.29, 1.82) is 0 Å². The maximum atomic E-state index is 11.5. The number of benzene rings is 1. The van der Waals surface area contributed by atoms with Gasteiger partial charge in [-0.2, -0.15) is 8.42 Å². The molecule has 0 saturated carbocycles. The number of hydrogen-bond acceptors (Lipinski definition) is 5. The summed E-state index contributed by atoms with van der Waals surface area (Å²) in [5.74, 6) is 0. The molecule has 7 heteroatoms. The molecule has 0 amide bonds. The van der Waals surface area contributed by atoms with Gasteiger partial charge in [-0.1, -0.05) is 18.2 Å². The lowest BCUT2D eigenvalue weighted by atomic mass is 10.3. The summed E-state index contributed by atoms with van der Waals surface area (Å²) in [6.07, 6.45) is 2.32. The molecule has 0 aliphatic rings. The fraction of sp³-hybridized carbons (Fsp3) is 0.111. The smallest absolute Gasteiger partial charge is 0.345 e. The third-order valence-corrected chi connectivity index (χ3v) is 2.90. The second kappa shape index (κ2) is 4.75. The quantitative estimate of drug-likeness (QED) is 0.348. The van der Waals surface area contributed by atoms with Crippen LogP contribution >= 0.6 is 0 Å². The highest BCUT2D eigenvalue weighted by Crippen LogP contribution is 2.24. The number of allylic oxidation sites excluding steroid dienone is 1. The first-order chi connectivity index (χ1) is 7.49. The molecule has 0 unspecified atom stereocenters. The van der Waals surface area contributed by atoms with Gasteiger partial charge >= 0.3 is 10.1 Å². The van der Waals surface area contributed by atoms with Gasteiger partial charge in [-0.15, -0.1) is 0 Å². The van der Waals surface area contributed by atoms with E-state index >= 15 is 0 Å². The van der Waals surface area contributed by atoms with E-state index in [1.165, 1.54) is 18.2 Å². The van der Waals surface area contributed by atoms with Crippen molar-refractivity contribution in [1.82, 2.24) is 0 Å². The molecule has 0 aromatic heterocycles. The molecule has 0 bridgehead atoms. The normalized spacial score (nSPS) is 11.6. The van der Waals surface area contributed by atoms with Gasteiger partial charge in [-0.05, 0) is 13.0 Å². The lowest BCUT2D eigenvalue weighted by molar-refractivity contribution is -0.387. The number of nitro benzene ring substituents is 1. The van der Waals surface area contributed by atoms with Crippen molar-refractivity contribution in [3.63, 3.8) is 0 Å². The summed E-state index contributed by atoms with van der Waals surface area (Å²) in [6, 6.07) is 4.99. The molecule has 1 aromatic rings. The van der Waals surface area contributed by atoms with Crippen LogP contribution in [0.3, 0.4) is 0 Å². The number of nitro groups is 1. The van der Waals surface area contributed by atoms with Crippen molar-refractivity contribution < 1.29 is 17.5 Å². The minimum atomic E-state index is -4.13. The zero-order valence-corrected chi connectivity index (χ0v) is 9.18. The fourth-order valence-electron chi connectivity index (χ4n) is 1.000. The van der Waals surface area contributed by atoms with Crippen molar-refractivity contribution in [2.24, 2.45) is 0 Å². The van der Waals surface area contributed by atoms with Crippen LogP contribution < -0.4 is 0 Å². The van der Waals surface area contributed by atoms with E-state index in [0.717, 1.165) is 18.4 Å². The van der Waals surface area contributed by atoms with Crippen LogP contribution in [0.25, 0.3) is 0 Å². The lowest BCUT2D eigenvalue weighted by Crippen LogP contribution is -2.05. The third kappa shape index (κ3) is 2.57. The van der Waals surface area contributed by atoms with Crippen LogP contribution in [0.5, 0.6) is 0 Å². The number of hydrogen-bond donors (Lipinski definition) is 0. The van der Waals surface area contributed by atoms with Crippen LogP contribution in [0.1, 0.15) is 6.92 Å². The SMILES string of the molecule is C/C=C/OS(=O)(=O)c1ccccc1[N+](=O)[O-]. The summed E-state index contributed by atoms with van der Waals surface area (Å²) < 4.78 is 27.5. The highest BCUT2D eigenvalue weighted by molar-refractivity contribution is 7.87. The van der Waals surface area contributed by atoms with Crippen LogP contribution in [-0.2, 0) is 14.3 Å². The average molecular weight is 243 g/mol. The van der Waals surface area contributed by atoms with Crippen LogP contribution in [0, 0.1) is 10.1 Å². The summed E-state index contributed by atoms with van der Waals surface area (Å²) in [4.78, 5) is 9.38. The highest BCUT2D eigenvalue weighted by Gasteiger charge is 2.25. The maximum Gasteiger partial charge on any atom is 0.345 e. The summed E-state index contributed by atoms with van der Waals surface area (Å²) >= 11 is 0. The summed E-state index contributed by atoms with van der Waals surface area (Å²) in [6.45, 7) is 1.56. The molecule has 0 radical (unpaired) electrons. The van der Waals surface area contributed by atoms with E-state index < -0.39 is 25.6 Å². The number of rotatable bonds is 4. The van der Waals surface area contributed by atoms with Gasteiger partial charge in [0.05, 0.1) is 4.92 Å². The van der Waals surface area contributed by atoms with Crippen molar-refractivity contribution in [3.05, 3.63) is 46.7 Å². The van der Waals surface area contributed by atoms with E-state index in [1.807, 2.05) is 0 Å². The minimum Gasteiger partial charge on any atom is -0.387 e. The topological polar surface area (TPSA) is 86.5 Å². The second-order valence-electron chi connectivity index (χ2n) is 2.74. The van der Waals surface area contributed by atoms with Crippen LogP contribution in [0.2, 0.25) is 0 Å². The molecule has 1 aromatic carbocycles. The van der Waals surface area contributed by atoms with Gasteiger partial charge in [0.2, 0.25) is 0 Å². The molecule has 0 N–H and O–H groups in total.